The van der Waals surface area contributed by atoms with Crippen molar-refractivity contribution in [2.45, 2.75) is 45.5 Å². The average Bonchev–Trinajstić information content (AvgIpc) is 2.26. The van der Waals surface area contributed by atoms with Gasteiger partial charge in [0.2, 0.25) is 0 Å². The third-order valence-electron chi connectivity index (χ3n) is 2.79. The van der Waals surface area contributed by atoms with Crippen LogP contribution < -0.4 is 10.1 Å². The van der Waals surface area contributed by atoms with Crippen molar-refractivity contribution in [1.82, 2.24) is 5.32 Å². The first-order chi connectivity index (χ1) is 8.78. The standard InChI is InChI=1S/C14H20F3NO/c1-10(2)18-8-7-11(3)12-5-4-6-13(9-12)19-14(15,16)17/h4-6,9-11,18H,7-8H2,1-3H3. The maximum Gasteiger partial charge on any atom is 0.573 e. The van der Waals surface area contributed by atoms with Gasteiger partial charge in [0.1, 0.15) is 5.75 Å². The highest BCUT2D eigenvalue weighted by molar-refractivity contribution is 5.30. The molecule has 1 aromatic carbocycles. The van der Waals surface area contributed by atoms with E-state index in [1.807, 2.05) is 13.0 Å². The highest BCUT2D eigenvalue weighted by Gasteiger charge is 2.31. The number of rotatable bonds is 6. The second kappa shape index (κ2) is 6.80. The molecular weight excluding hydrogens is 255 g/mol. The maximum absolute atomic E-state index is 12.1. The van der Waals surface area contributed by atoms with Crippen LogP contribution >= 0.6 is 0 Å². The molecule has 108 valence electrons. The maximum atomic E-state index is 12.1. The van der Waals surface area contributed by atoms with Gasteiger partial charge < -0.3 is 10.1 Å². The van der Waals surface area contributed by atoms with Crippen molar-refractivity contribution in [3.05, 3.63) is 29.8 Å². The van der Waals surface area contributed by atoms with Gasteiger partial charge in [0, 0.05) is 6.04 Å². The van der Waals surface area contributed by atoms with Gasteiger partial charge in [-0.25, -0.2) is 0 Å². The van der Waals surface area contributed by atoms with Crippen LogP contribution in [0.1, 0.15) is 38.7 Å². The smallest absolute Gasteiger partial charge is 0.406 e. The second-order valence-corrected chi connectivity index (χ2v) is 4.92. The Morgan fingerprint density at radius 2 is 1.89 bits per heavy atom. The van der Waals surface area contributed by atoms with Crippen LogP contribution in [0.4, 0.5) is 13.2 Å². The molecule has 5 heteroatoms. The number of alkyl halides is 3. The van der Waals surface area contributed by atoms with Gasteiger partial charge in [0.05, 0.1) is 0 Å². The Bertz CT molecular complexity index is 391. The Morgan fingerprint density at radius 3 is 2.47 bits per heavy atom. The summed E-state index contributed by atoms with van der Waals surface area (Å²) in [4.78, 5) is 0. The van der Waals surface area contributed by atoms with E-state index in [0.717, 1.165) is 18.5 Å². The normalized spacial score (nSPS) is 13.6. The quantitative estimate of drug-likeness (QED) is 0.844. The summed E-state index contributed by atoms with van der Waals surface area (Å²) < 4.78 is 40.3. The van der Waals surface area contributed by atoms with E-state index in [9.17, 15) is 13.2 Å². The van der Waals surface area contributed by atoms with Crippen molar-refractivity contribution in [3.8, 4) is 5.75 Å². The first-order valence-electron chi connectivity index (χ1n) is 6.37. The predicted octanol–water partition coefficient (Wildman–Crippen LogP) is 4.08. The molecule has 0 radical (unpaired) electrons. The van der Waals surface area contributed by atoms with Crippen LogP contribution in [0.2, 0.25) is 0 Å². The summed E-state index contributed by atoms with van der Waals surface area (Å²) in [5.74, 6) is 0.0247. The molecule has 0 aliphatic carbocycles. The Morgan fingerprint density at radius 1 is 1.21 bits per heavy atom. The topological polar surface area (TPSA) is 21.3 Å². The minimum atomic E-state index is -4.64. The van der Waals surface area contributed by atoms with E-state index in [1.54, 1.807) is 6.07 Å². The molecule has 1 atom stereocenters. The Balaban J connectivity index is 2.60. The molecule has 1 aromatic rings. The molecule has 19 heavy (non-hydrogen) atoms. The highest BCUT2D eigenvalue weighted by atomic mass is 19.4. The molecule has 0 spiro atoms. The second-order valence-electron chi connectivity index (χ2n) is 4.92. The number of nitrogens with one attached hydrogen (secondary N) is 1. The molecule has 1 rings (SSSR count). The minimum Gasteiger partial charge on any atom is -0.406 e. The van der Waals surface area contributed by atoms with Gasteiger partial charge in [0.25, 0.3) is 0 Å². The summed E-state index contributed by atoms with van der Waals surface area (Å²) in [5, 5.41) is 3.29. The lowest BCUT2D eigenvalue weighted by atomic mass is 9.97. The van der Waals surface area contributed by atoms with E-state index in [0.29, 0.717) is 6.04 Å². The summed E-state index contributed by atoms with van der Waals surface area (Å²) in [6.45, 7) is 6.95. The van der Waals surface area contributed by atoms with E-state index in [4.69, 9.17) is 0 Å². The molecule has 0 heterocycles. The number of halogens is 3. The third-order valence-corrected chi connectivity index (χ3v) is 2.79. The molecule has 1 unspecified atom stereocenters. The zero-order valence-corrected chi connectivity index (χ0v) is 11.4. The van der Waals surface area contributed by atoms with E-state index in [-0.39, 0.29) is 11.7 Å². The Labute approximate surface area is 112 Å². The molecule has 0 bridgehead atoms. The lowest BCUT2D eigenvalue weighted by Gasteiger charge is -2.15. The number of ether oxygens (including phenoxy) is 1. The predicted molar refractivity (Wildman–Crippen MR) is 69.3 cm³/mol. The van der Waals surface area contributed by atoms with Gasteiger partial charge in [0.15, 0.2) is 0 Å². The summed E-state index contributed by atoms with van der Waals surface area (Å²) in [6.07, 6.45) is -3.77. The van der Waals surface area contributed by atoms with E-state index in [2.05, 4.69) is 23.9 Å². The van der Waals surface area contributed by atoms with Gasteiger partial charge in [-0.2, -0.15) is 0 Å². The van der Waals surface area contributed by atoms with Crippen molar-refractivity contribution in [2.24, 2.45) is 0 Å². The Hall–Kier alpha value is -1.23. The van der Waals surface area contributed by atoms with Crippen LogP contribution in [0.25, 0.3) is 0 Å². The lowest BCUT2D eigenvalue weighted by molar-refractivity contribution is -0.274. The first-order valence-corrected chi connectivity index (χ1v) is 6.37. The minimum absolute atomic E-state index is 0.159. The summed E-state index contributed by atoms with van der Waals surface area (Å²) in [7, 11) is 0. The van der Waals surface area contributed by atoms with Crippen molar-refractivity contribution >= 4 is 0 Å². The molecule has 0 aromatic heterocycles. The number of benzene rings is 1. The summed E-state index contributed by atoms with van der Waals surface area (Å²) in [5.41, 5.74) is 0.854. The molecule has 0 fully saturated rings. The molecule has 1 N–H and O–H groups in total. The van der Waals surface area contributed by atoms with Gasteiger partial charge in [-0.3, -0.25) is 0 Å². The third kappa shape index (κ3) is 6.47. The lowest BCUT2D eigenvalue weighted by Crippen LogP contribution is -2.24. The molecule has 0 amide bonds. The van der Waals surface area contributed by atoms with Crippen LogP contribution in [0, 0.1) is 0 Å². The molecule has 0 saturated carbocycles. The van der Waals surface area contributed by atoms with Crippen LogP contribution in [-0.2, 0) is 0 Å². The molecule has 0 saturated heterocycles. The Kier molecular flexibility index (Phi) is 5.66. The van der Waals surface area contributed by atoms with Crippen molar-refractivity contribution in [3.63, 3.8) is 0 Å². The molecule has 0 aliphatic heterocycles. The zero-order valence-electron chi connectivity index (χ0n) is 11.4. The van der Waals surface area contributed by atoms with Crippen LogP contribution in [-0.4, -0.2) is 18.9 Å². The monoisotopic (exact) mass is 275 g/mol. The van der Waals surface area contributed by atoms with Gasteiger partial charge >= 0.3 is 6.36 Å². The highest BCUT2D eigenvalue weighted by Crippen LogP contribution is 2.27. The van der Waals surface area contributed by atoms with E-state index >= 15 is 0 Å². The van der Waals surface area contributed by atoms with Crippen LogP contribution in [0.3, 0.4) is 0 Å². The molecule has 0 aliphatic rings. The van der Waals surface area contributed by atoms with Crippen LogP contribution in [0.5, 0.6) is 5.75 Å². The fourth-order valence-electron chi connectivity index (χ4n) is 1.77. The SMILES string of the molecule is CC(C)NCCC(C)c1cccc(OC(F)(F)F)c1. The van der Waals surface area contributed by atoms with Crippen molar-refractivity contribution < 1.29 is 17.9 Å². The summed E-state index contributed by atoms with van der Waals surface area (Å²) in [6, 6.07) is 6.59. The van der Waals surface area contributed by atoms with Gasteiger partial charge in [-0.15, -0.1) is 13.2 Å². The van der Waals surface area contributed by atoms with E-state index < -0.39 is 6.36 Å². The fraction of sp³-hybridized carbons (Fsp3) is 0.571. The largest absolute Gasteiger partial charge is 0.573 e. The zero-order chi connectivity index (χ0) is 14.5. The van der Waals surface area contributed by atoms with Gasteiger partial charge in [-0.05, 0) is 36.6 Å². The first kappa shape index (κ1) is 15.8. The summed E-state index contributed by atoms with van der Waals surface area (Å²) >= 11 is 0. The molecule has 2 nitrogen and oxygen atoms in total. The fourth-order valence-corrected chi connectivity index (χ4v) is 1.77. The van der Waals surface area contributed by atoms with E-state index in [1.165, 1.54) is 12.1 Å². The van der Waals surface area contributed by atoms with Crippen molar-refractivity contribution in [1.29, 1.82) is 0 Å². The average molecular weight is 275 g/mol. The number of hydrogen-bond acceptors (Lipinski definition) is 2. The van der Waals surface area contributed by atoms with Gasteiger partial charge in [-0.1, -0.05) is 32.9 Å². The molecular formula is C14H20F3NO. The van der Waals surface area contributed by atoms with Crippen LogP contribution in [0.15, 0.2) is 24.3 Å². The van der Waals surface area contributed by atoms with Crippen molar-refractivity contribution in [2.75, 3.05) is 6.54 Å². The number of hydrogen-bond donors (Lipinski definition) is 1.